The van der Waals surface area contributed by atoms with Gasteiger partial charge in [-0.1, -0.05) is 19.9 Å². The first-order chi connectivity index (χ1) is 13.8. The van der Waals surface area contributed by atoms with Crippen molar-refractivity contribution in [1.82, 2.24) is 10.2 Å². The van der Waals surface area contributed by atoms with E-state index in [1.807, 2.05) is 13.8 Å². The lowest BCUT2D eigenvalue weighted by molar-refractivity contribution is -0.131. The van der Waals surface area contributed by atoms with E-state index < -0.39 is 17.9 Å². The number of rotatable bonds is 12. The third kappa shape index (κ3) is 8.30. The molecule has 0 aliphatic rings. The molecule has 4 N–H and O–H groups in total. The predicted molar refractivity (Wildman–Crippen MR) is 109 cm³/mol. The number of anilines is 1. The molecule has 1 unspecified atom stereocenters. The highest BCUT2D eigenvalue weighted by molar-refractivity contribution is 5.96. The average molecular weight is 406 g/mol. The summed E-state index contributed by atoms with van der Waals surface area (Å²) in [6.45, 7) is 4.64. The number of ether oxygens (including phenoxy) is 1. The van der Waals surface area contributed by atoms with E-state index in [1.54, 1.807) is 23.1 Å². The van der Waals surface area contributed by atoms with Gasteiger partial charge in [-0.2, -0.15) is 0 Å². The third-order valence-electron chi connectivity index (χ3n) is 4.15. The quantitative estimate of drug-likeness (QED) is 0.442. The minimum Gasteiger partial charge on any atom is -0.465 e. The Bertz CT molecular complexity index is 723. The molecule has 9 heteroatoms. The fraction of sp³-hybridized carbons (Fsp3) is 0.500. The van der Waals surface area contributed by atoms with Crippen LogP contribution in [0.2, 0.25) is 0 Å². The van der Waals surface area contributed by atoms with Gasteiger partial charge in [-0.15, -0.1) is 0 Å². The van der Waals surface area contributed by atoms with Crippen LogP contribution in [0, 0.1) is 0 Å². The van der Waals surface area contributed by atoms with E-state index >= 15 is 0 Å². The van der Waals surface area contributed by atoms with Crippen molar-refractivity contribution in [1.29, 1.82) is 0 Å². The molecular weight excluding hydrogens is 376 g/mol. The smallest absolute Gasteiger partial charge is 0.337 e. The van der Waals surface area contributed by atoms with Gasteiger partial charge in [-0.25, -0.2) is 4.79 Å². The largest absolute Gasteiger partial charge is 0.465 e. The number of benzene rings is 1. The lowest BCUT2D eigenvalue weighted by Crippen LogP contribution is -2.50. The molecule has 0 heterocycles. The van der Waals surface area contributed by atoms with E-state index in [2.05, 4.69) is 15.4 Å². The summed E-state index contributed by atoms with van der Waals surface area (Å²) in [5.41, 5.74) is 6.22. The molecule has 0 fully saturated rings. The molecule has 1 aromatic rings. The van der Waals surface area contributed by atoms with E-state index in [4.69, 9.17) is 5.73 Å². The van der Waals surface area contributed by atoms with Gasteiger partial charge in [-0.3, -0.25) is 19.3 Å². The van der Waals surface area contributed by atoms with Crippen LogP contribution >= 0.6 is 0 Å². The highest BCUT2D eigenvalue weighted by Gasteiger charge is 2.27. The zero-order valence-corrected chi connectivity index (χ0v) is 17.2. The van der Waals surface area contributed by atoms with Crippen molar-refractivity contribution in [2.75, 3.05) is 32.1 Å². The van der Waals surface area contributed by atoms with Gasteiger partial charge < -0.3 is 21.1 Å². The van der Waals surface area contributed by atoms with Crippen molar-refractivity contribution in [3.63, 3.8) is 0 Å². The molecule has 0 aliphatic heterocycles. The third-order valence-corrected chi connectivity index (χ3v) is 4.15. The second kappa shape index (κ2) is 12.5. The summed E-state index contributed by atoms with van der Waals surface area (Å²) in [5, 5.41) is 5.40. The van der Waals surface area contributed by atoms with Gasteiger partial charge >= 0.3 is 5.97 Å². The average Bonchev–Trinajstić information content (AvgIpc) is 2.69. The molecule has 9 nitrogen and oxygen atoms in total. The van der Waals surface area contributed by atoms with Crippen molar-refractivity contribution in [2.24, 2.45) is 5.73 Å². The molecule has 0 bridgehead atoms. The Balaban J connectivity index is 2.84. The number of carbonyl (C=O) groups excluding carboxylic acids is 4. The Morgan fingerprint density at radius 2 is 1.86 bits per heavy atom. The number of carbonyl (C=O) groups is 4. The summed E-state index contributed by atoms with van der Waals surface area (Å²) in [4.78, 5) is 49.7. The number of nitrogens with zero attached hydrogens (tertiary/aromatic N) is 1. The molecule has 0 spiro atoms. The summed E-state index contributed by atoms with van der Waals surface area (Å²) in [6.07, 6.45) is 1.34. The molecule has 29 heavy (non-hydrogen) atoms. The van der Waals surface area contributed by atoms with Crippen molar-refractivity contribution < 1.29 is 23.9 Å². The number of hydrogen-bond acceptors (Lipinski definition) is 6. The minimum atomic E-state index is -0.890. The maximum atomic E-state index is 12.5. The standard InChI is InChI=1S/C20H30N4O5/c1-4-9-22-17(25)12-16(19(21)27)24(10-5-2)13-18(26)23-15-8-6-7-14(11-15)20(28)29-3/h6-8,11,16H,4-5,9-10,12-13H2,1-3H3,(H2,21,27)(H,22,25)(H,23,26). The van der Waals surface area contributed by atoms with Crippen LogP contribution in [0.25, 0.3) is 0 Å². The number of amides is 3. The van der Waals surface area contributed by atoms with Gasteiger partial charge in [-0.05, 0) is 37.6 Å². The summed E-state index contributed by atoms with van der Waals surface area (Å²) < 4.78 is 4.67. The lowest BCUT2D eigenvalue weighted by Gasteiger charge is -2.28. The summed E-state index contributed by atoms with van der Waals surface area (Å²) in [7, 11) is 1.27. The Kier molecular flexibility index (Phi) is 10.4. The Hall–Kier alpha value is -2.94. The van der Waals surface area contributed by atoms with Crippen LogP contribution in [0.3, 0.4) is 0 Å². The van der Waals surface area contributed by atoms with Gasteiger partial charge in [0.25, 0.3) is 0 Å². The van der Waals surface area contributed by atoms with Gasteiger partial charge in [0.2, 0.25) is 17.7 Å². The van der Waals surface area contributed by atoms with Crippen LogP contribution in [0.4, 0.5) is 5.69 Å². The number of hydrogen-bond donors (Lipinski definition) is 3. The Labute approximate surface area is 170 Å². The fourth-order valence-electron chi connectivity index (χ4n) is 2.78. The van der Waals surface area contributed by atoms with Crippen LogP contribution < -0.4 is 16.4 Å². The monoisotopic (exact) mass is 406 g/mol. The SMILES string of the molecule is CCCNC(=O)CC(C(N)=O)N(CCC)CC(=O)Nc1cccc(C(=O)OC)c1. The van der Waals surface area contributed by atoms with Gasteiger partial charge in [0.15, 0.2) is 0 Å². The molecule has 0 aliphatic carbocycles. The van der Waals surface area contributed by atoms with Crippen LogP contribution in [0.15, 0.2) is 24.3 Å². The van der Waals surface area contributed by atoms with Crippen molar-refractivity contribution >= 4 is 29.4 Å². The molecule has 1 aromatic carbocycles. The molecule has 160 valence electrons. The van der Waals surface area contributed by atoms with Crippen LogP contribution in [-0.2, 0) is 19.1 Å². The maximum Gasteiger partial charge on any atom is 0.337 e. The molecule has 3 amide bonds. The Morgan fingerprint density at radius 1 is 1.14 bits per heavy atom. The van der Waals surface area contributed by atoms with E-state index in [9.17, 15) is 19.2 Å². The number of methoxy groups -OCH3 is 1. The van der Waals surface area contributed by atoms with E-state index in [1.165, 1.54) is 13.2 Å². The maximum absolute atomic E-state index is 12.5. The number of nitrogens with one attached hydrogen (secondary N) is 2. The normalized spacial score (nSPS) is 11.6. The van der Waals surface area contributed by atoms with E-state index in [0.717, 1.165) is 6.42 Å². The topological polar surface area (TPSA) is 131 Å². The second-order valence-corrected chi connectivity index (χ2v) is 6.56. The highest BCUT2D eigenvalue weighted by Crippen LogP contribution is 2.13. The van der Waals surface area contributed by atoms with Crippen LogP contribution in [-0.4, -0.2) is 61.4 Å². The van der Waals surface area contributed by atoms with Crippen molar-refractivity contribution in [2.45, 2.75) is 39.2 Å². The number of esters is 1. The first kappa shape index (κ1) is 24.1. The van der Waals surface area contributed by atoms with Gasteiger partial charge in [0.05, 0.1) is 31.7 Å². The summed E-state index contributed by atoms with van der Waals surface area (Å²) in [6, 6.07) is 5.44. The number of primary amides is 1. The Morgan fingerprint density at radius 3 is 2.45 bits per heavy atom. The summed E-state index contributed by atoms with van der Waals surface area (Å²) in [5.74, 6) is -1.85. The van der Waals surface area contributed by atoms with Crippen molar-refractivity contribution in [3.05, 3.63) is 29.8 Å². The van der Waals surface area contributed by atoms with E-state index in [-0.39, 0.29) is 24.8 Å². The minimum absolute atomic E-state index is 0.111. The van der Waals surface area contributed by atoms with Crippen LogP contribution in [0.5, 0.6) is 0 Å². The lowest BCUT2D eigenvalue weighted by atomic mass is 10.1. The first-order valence-electron chi connectivity index (χ1n) is 9.60. The van der Waals surface area contributed by atoms with Crippen molar-refractivity contribution in [3.8, 4) is 0 Å². The zero-order valence-electron chi connectivity index (χ0n) is 17.2. The van der Waals surface area contributed by atoms with E-state index in [0.29, 0.717) is 30.8 Å². The highest BCUT2D eigenvalue weighted by atomic mass is 16.5. The molecule has 0 radical (unpaired) electrons. The second-order valence-electron chi connectivity index (χ2n) is 6.56. The molecule has 0 aromatic heterocycles. The predicted octanol–water partition coefficient (Wildman–Crippen LogP) is 0.894. The van der Waals surface area contributed by atoms with Gasteiger partial charge in [0, 0.05) is 12.2 Å². The molecule has 1 atom stereocenters. The molecule has 0 saturated heterocycles. The number of nitrogens with two attached hydrogens (primary N) is 1. The molecule has 0 saturated carbocycles. The zero-order chi connectivity index (χ0) is 21.8. The van der Waals surface area contributed by atoms with Gasteiger partial charge in [0.1, 0.15) is 0 Å². The first-order valence-corrected chi connectivity index (χ1v) is 9.60. The fourth-order valence-corrected chi connectivity index (χ4v) is 2.78. The molecule has 1 rings (SSSR count). The summed E-state index contributed by atoms with van der Waals surface area (Å²) >= 11 is 0. The van der Waals surface area contributed by atoms with Crippen LogP contribution in [0.1, 0.15) is 43.5 Å². The molecular formula is C20H30N4O5.